The van der Waals surface area contributed by atoms with E-state index in [4.69, 9.17) is 20.6 Å². The standard InChI is InChI=1S/C32H36N4O4/c33-31(38)30(24-8-2-1-3-9-24)35-32(39)26-11-5-4-10-25(26)23-16-14-22(15-17-23)20-36-28-13-7-6-12-27(28)34-29(36)21-40-19-18-37/h1-3,6-9,12-17,25-26,30,37H,4-5,10-11,18-21H2,(H2,33,38)(H,35,39). The highest BCUT2D eigenvalue weighted by molar-refractivity contribution is 5.89. The van der Waals surface area contributed by atoms with Gasteiger partial charge in [-0.25, -0.2) is 4.98 Å². The Hall–Kier alpha value is -4.01. The van der Waals surface area contributed by atoms with E-state index in [-0.39, 0.29) is 31.0 Å². The number of primary amides is 1. The molecule has 40 heavy (non-hydrogen) atoms. The van der Waals surface area contributed by atoms with Gasteiger partial charge in [-0.2, -0.15) is 0 Å². The fourth-order valence-electron chi connectivity index (χ4n) is 5.75. The molecule has 0 bridgehead atoms. The molecule has 1 saturated carbocycles. The van der Waals surface area contributed by atoms with Crippen molar-refractivity contribution in [1.82, 2.24) is 14.9 Å². The van der Waals surface area contributed by atoms with Gasteiger partial charge in [0.1, 0.15) is 18.5 Å². The Morgan fingerprint density at radius 2 is 1.73 bits per heavy atom. The van der Waals surface area contributed by atoms with Crippen LogP contribution in [0.3, 0.4) is 0 Å². The predicted molar refractivity (Wildman–Crippen MR) is 153 cm³/mol. The van der Waals surface area contributed by atoms with Gasteiger partial charge in [-0.15, -0.1) is 0 Å². The van der Waals surface area contributed by atoms with Crippen molar-refractivity contribution in [3.8, 4) is 0 Å². The van der Waals surface area contributed by atoms with Crippen LogP contribution in [0.2, 0.25) is 0 Å². The highest BCUT2D eigenvalue weighted by atomic mass is 16.5. The second-order valence-electron chi connectivity index (χ2n) is 10.4. The van der Waals surface area contributed by atoms with Crippen molar-refractivity contribution in [3.63, 3.8) is 0 Å². The van der Waals surface area contributed by atoms with E-state index >= 15 is 0 Å². The molecule has 4 N–H and O–H groups in total. The molecule has 3 unspecified atom stereocenters. The molecule has 1 aliphatic carbocycles. The molecule has 3 atom stereocenters. The minimum absolute atomic E-state index is 0.0304. The normalized spacial score (nSPS) is 17.9. The van der Waals surface area contributed by atoms with Crippen molar-refractivity contribution >= 4 is 22.8 Å². The molecule has 8 nitrogen and oxygen atoms in total. The van der Waals surface area contributed by atoms with Crippen LogP contribution in [-0.4, -0.2) is 39.7 Å². The molecule has 0 aliphatic heterocycles. The molecular formula is C32H36N4O4. The van der Waals surface area contributed by atoms with Gasteiger partial charge in [0, 0.05) is 12.5 Å². The number of aromatic nitrogens is 2. The number of para-hydroxylation sites is 2. The number of nitrogens with two attached hydrogens (primary N) is 1. The first kappa shape index (κ1) is 27.6. The van der Waals surface area contributed by atoms with Crippen LogP contribution in [0.5, 0.6) is 0 Å². The van der Waals surface area contributed by atoms with Crippen molar-refractivity contribution in [2.45, 2.75) is 50.8 Å². The Balaban J connectivity index is 1.33. The number of nitrogens with one attached hydrogen (secondary N) is 1. The molecule has 2 amide bonds. The highest BCUT2D eigenvalue weighted by Gasteiger charge is 2.34. The second kappa shape index (κ2) is 12.9. The number of aliphatic hydroxyl groups excluding tert-OH is 1. The zero-order valence-corrected chi connectivity index (χ0v) is 22.5. The lowest BCUT2D eigenvalue weighted by Crippen LogP contribution is -2.42. The number of carbonyl (C=O) groups is 2. The third kappa shape index (κ3) is 6.24. The first-order chi connectivity index (χ1) is 19.5. The van der Waals surface area contributed by atoms with Gasteiger partial charge in [0.15, 0.2) is 0 Å². The number of hydrogen-bond donors (Lipinski definition) is 3. The van der Waals surface area contributed by atoms with Crippen LogP contribution in [-0.2, 0) is 27.5 Å². The van der Waals surface area contributed by atoms with E-state index < -0.39 is 11.9 Å². The van der Waals surface area contributed by atoms with Gasteiger partial charge in [0.05, 0.1) is 24.2 Å². The molecule has 3 aromatic carbocycles. The summed E-state index contributed by atoms with van der Waals surface area (Å²) in [6, 6.07) is 24.8. The number of fused-ring (bicyclic) bond motifs is 1. The number of amides is 2. The van der Waals surface area contributed by atoms with Gasteiger partial charge in [0.25, 0.3) is 0 Å². The van der Waals surface area contributed by atoms with Gasteiger partial charge in [-0.05, 0) is 47.6 Å². The Morgan fingerprint density at radius 3 is 2.48 bits per heavy atom. The van der Waals surface area contributed by atoms with E-state index in [1.165, 1.54) is 0 Å². The zero-order chi connectivity index (χ0) is 27.9. The lowest BCUT2D eigenvalue weighted by Gasteiger charge is -2.32. The Morgan fingerprint density at radius 1 is 1.00 bits per heavy atom. The average Bonchev–Trinajstić information content (AvgIpc) is 3.33. The third-order valence-electron chi connectivity index (χ3n) is 7.76. The summed E-state index contributed by atoms with van der Waals surface area (Å²) in [4.78, 5) is 30.4. The molecule has 8 heteroatoms. The minimum atomic E-state index is -0.848. The number of ether oxygens (including phenoxy) is 1. The van der Waals surface area contributed by atoms with Gasteiger partial charge in [-0.3, -0.25) is 9.59 Å². The van der Waals surface area contributed by atoms with Crippen LogP contribution in [0, 0.1) is 5.92 Å². The fourth-order valence-corrected chi connectivity index (χ4v) is 5.75. The molecule has 1 fully saturated rings. The summed E-state index contributed by atoms with van der Waals surface area (Å²) >= 11 is 0. The number of nitrogens with zero attached hydrogens (tertiary/aromatic N) is 2. The van der Waals surface area contributed by atoms with Crippen LogP contribution in [0.15, 0.2) is 78.9 Å². The van der Waals surface area contributed by atoms with Crippen LogP contribution in [0.25, 0.3) is 11.0 Å². The number of carbonyl (C=O) groups excluding carboxylic acids is 2. The summed E-state index contributed by atoms with van der Waals surface area (Å²) in [6.07, 6.45) is 3.74. The van der Waals surface area contributed by atoms with Crippen molar-refractivity contribution in [3.05, 3.63) is 101 Å². The Bertz CT molecular complexity index is 1430. The molecule has 1 aliphatic rings. The number of benzene rings is 3. The Kier molecular flexibility index (Phi) is 8.88. The SMILES string of the molecule is NC(=O)C(NC(=O)C1CCCCC1c1ccc(Cn2c(COCCO)nc3ccccc32)cc1)c1ccccc1. The summed E-state index contributed by atoms with van der Waals surface area (Å²) in [5.41, 5.74) is 10.5. The maximum Gasteiger partial charge on any atom is 0.244 e. The van der Waals surface area contributed by atoms with Gasteiger partial charge >= 0.3 is 0 Å². The van der Waals surface area contributed by atoms with E-state index in [0.717, 1.165) is 53.7 Å². The van der Waals surface area contributed by atoms with Crippen molar-refractivity contribution < 1.29 is 19.4 Å². The molecule has 1 heterocycles. The lowest BCUT2D eigenvalue weighted by atomic mass is 9.74. The predicted octanol–water partition coefficient (Wildman–Crippen LogP) is 4.21. The second-order valence-corrected chi connectivity index (χ2v) is 10.4. The van der Waals surface area contributed by atoms with Crippen LogP contribution < -0.4 is 11.1 Å². The monoisotopic (exact) mass is 540 g/mol. The zero-order valence-electron chi connectivity index (χ0n) is 22.5. The smallest absolute Gasteiger partial charge is 0.244 e. The van der Waals surface area contributed by atoms with E-state index in [1.54, 1.807) is 12.1 Å². The molecule has 5 rings (SSSR count). The summed E-state index contributed by atoms with van der Waals surface area (Å²) in [5.74, 6) is -0.0323. The van der Waals surface area contributed by atoms with E-state index in [0.29, 0.717) is 18.7 Å². The summed E-state index contributed by atoms with van der Waals surface area (Å²) in [6.45, 7) is 1.18. The quantitative estimate of drug-likeness (QED) is 0.246. The van der Waals surface area contributed by atoms with Gasteiger partial charge in [0.2, 0.25) is 11.8 Å². The van der Waals surface area contributed by atoms with Crippen molar-refractivity contribution in [2.24, 2.45) is 11.7 Å². The largest absolute Gasteiger partial charge is 0.394 e. The average molecular weight is 541 g/mol. The number of rotatable bonds is 11. The van der Waals surface area contributed by atoms with Crippen molar-refractivity contribution in [1.29, 1.82) is 0 Å². The van der Waals surface area contributed by atoms with E-state index in [2.05, 4.69) is 34.1 Å². The minimum Gasteiger partial charge on any atom is -0.394 e. The highest BCUT2D eigenvalue weighted by Crippen LogP contribution is 2.38. The molecular weight excluding hydrogens is 504 g/mol. The van der Waals surface area contributed by atoms with Crippen molar-refractivity contribution in [2.75, 3.05) is 13.2 Å². The molecule has 0 saturated heterocycles. The fraction of sp³-hybridized carbons (Fsp3) is 0.344. The van der Waals surface area contributed by atoms with E-state index in [9.17, 15) is 9.59 Å². The molecule has 1 aromatic heterocycles. The number of hydrogen-bond acceptors (Lipinski definition) is 5. The molecule has 208 valence electrons. The summed E-state index contributed by atoms with van der Waals surface area (Å²) in [7, 11) is 0. The van der Waals surface area contributed by atoms with E-state index in [1.807, 2.05) is 42.5 Å². The lowest BCUT2D eigenvalue weighted by molar-refractivity contribution is -0.131. The van der Waals surface area contributed by atoms with Crippen LogP contribution in [0.1, 0.15) is 60.2 Å². The van der Waals surface area contributed by atoms with Gasteiger partial charge in [-0.1, -0.05) is 79.6 Å². The summed E-state index contributed by atoms with van der Waals surface area (Å²) < 4.78 is 7.72. The maximum absolute atomic E-state index is 13.5. The maximum atomic E-state index is 13.5. The van der Waals surface area contributed by atoms with Crippen LogP contribution in [0.4, 0.5) is 0 Å². The number of aliphatic hydroxyl groups is 1. The van der Waals surface area contributed by atoms with Crippen LogP contribution >= 0.6 is 0 Å². The molecule has 4 aromatic rings. The van der Waals surface area contributed by atoms with Gasteiger partial charge < -0.3 is 25.5 Å². The number of imidazole rings is 1. The first-order valence-electron chi connectivity index (χ1n) is 13.9. The summed E-state index contributed by atoms with van der Waals surface area (Å²) in [5, 5.41) is 12.0. The molecule has 0 radical (unpaired) electrons. The Labute approximate surface area is 234 Å². The third-order valence-corrected chi connectivity index (χ3v) is 7.76. The topological polar surface area (TPSA) is 119 Å². The molecule has 0 spiro atoms. The first-order valence-corrected chi connectivity index (χ1v) is 13.9.